The van der Waals surface area contributed by atoms with Crippen LogP contribution in [0.2, 0.25) is 0 Å². The van der Waals surface area contributed by atoms with Gasteiger partial charge in [0.1, 0.15) is 0 Å². The molecule has 0 aliphatic heterocycles. The molecule has 1 aromatic rings. The molecule has 4 heteroatoms. The highest BCUT2D eigenvalue weighted by Crippen LogP contribution is 2.34. The maximum atomic E-state index is 5.61. The Bertz CT molecular complexity index is 364. The molecule has 2 N–H and O–H groups in total. The molecule has 0 saturated heterocycles. The molecule has 1 heterocycles. The van der Waals surface area contributed by atoms with Crippen LogP contribution in [-0.4, -0.2) is 16.7 Å². The quantitative estimate of drug-likeness (QED) is 0.874. The molecule has 0 aromatic carbocycles. The third kappa shape index (κ3) is 3.55. The fourth-order valence-electron chi connectivity index (χ4n) is 2.69. The number of nitrogens with two attached hydrogens (primary N) is 1. The van der Waals surface area contributed by atoms with Crippen molar-refractivity contribution in [1.82, 2.24) is 10.1 Å². The lowest BCUT2D eigenvalue weighted by Crippen LogP contribution is -2.13. The predicted octanol–water partition coefficient (Wildman–Crippen LogP) is 2.89. The average Bonchev–Trinajstić information content (AvgIpc) is 2.84. The van der Waals surface area contributed by atoms with Gasteiger partial charge in [-0.2, -0.15) is 4.98 Å². The molecule has 3 unspecified atom stereocenters. The van der Waals surface area contributed by atoms with Crippen LogP contribution in [-0.2, 0) is 6.42 Å². The molecule has 0 spiro atoms. The van der Waals surface area contributed by atoms with Crippen LogP contribution in [0.3, 0.4) is 0 Å². The largest absolute Gasteiger partial charge is 0.339 e. The summed E-state index contributed by atoms with van der Waals surface area (Å²) < 4.78 is 5.35. The van der Waals surface area contributed by atoms with Gasteiger partial charge < -0.3 is 10.3 Å². The highest BCUT2D eigenvalue weighted by Gasteiger charge is 2.24. The van der Waals surface area contributed by atoms with E-state index >= 15 is 0 Å². The summed E-state index contributed by atoms with van der Waals surface area (Å²) in [4.78, 5) is 4.56. The van der Waals surface area contributed by atoms with Crippen molar-refractivity contribution in [3.05, 3.63) is 11.7 Å². The van der Waals surface area contributed by atoms with Crippen molar-refractivity contribution in [2.45, 2.75) is 58.3 Å². The summed E-state index contributed by atoms with van der Waals surface area (Å²) in [6.07, 6.45) is 6.93. The Morgan fingerprint density at radius 1 is 1.44 bits per heavy atom. The van der Waals surface area contributed by atoms with Crippen molar-refractivity contribution in [1.29, 1.82) is 0 Å². The molecule has 102 valence electrons. The standard InChI is InChI=1S/C14H25N3O/c1-10-4-3-5-12(8-10)14-16-13(18-17-14)7-6-11(2)9-15/h10-12H,3-9,15H2,1-2H3. The van der Waals surface area contributed by atoms with Crippen molar-refractivity contribution in [3.8, 4) is 0 Å². The first-order valence-corrected chi connectivity index (χ1v) is 7.21. The van der Waals surface area contributed by atoms with Gasteiger partial charge in [-0.05, 0) is 37.6 Å². The van der Waals surface area contributed by atoms with Crippen molar-refractivity contribution < 1.29 is 4.52 Å². The van der Waals surface area contributed by atoms with E-state index in [9.17, 15) is 0 Å². The van der Waals surface area contributed by atoms with Crippen LogP contribution in [0.1, 0.15) is 63.6 Å². The van der Waals surface area contributed by atoms with Crippen molar-refractivity contribution in [3.63, 3.8) is 0 Å². The molecule has 0 bridgehead atoms. The summed E-state index contributed by atoms with van der Waals surface area (Å²) in [6.45, 7) is 5.19. The Hall–Kier alpha value is -0.900. The molecule has 0 radical (unpaired) electrons. The molecule has 3 atom stereocenters. The average molecular weight is 251 g/mol. The topological polar surface area (TPSA) is 64.9 Å². The molecule has 1 fully saturated rings. The summed E-state index contributed by atoms with van der Waals surface area (Å²) >= 11 is 0. The van der Waals surface area contributed by atoms with Crippen LogP contribution < -0.4 is 5.73 Å². The summed E-state index contributed by atoms with van der Waals surface area (Å²) in [7, 11) is 0. The second kappa shape index (κ2) is 6.32. The summed E-state index contributed by atoms with van der Waals surface area (Å²) in [5.74, 6) is 3.54. The molecule has 1 aromatic heterocycles. The number of aryl methyl sites for hydroxylation is 1. The van der Waals surface area contributed by atoms with E-state index < -0.39 is 0 Å². The molecule has 0 amide bonds. The normalized spacial score (nSPS) is 26.2. The van der Waals surface area contributed by atoms with Crippen molar-refractivity contribution in [2.24, 2.45) is 17.6 Å². The Kier molecular flexibility index (Phi) is 4.75. The second-order valence-electron chi connectivity index (χ2n) is 5.89. The fourth-order valence-corrected chi connectivity index (χ4v) is 2.69. The van der Waals surface area contributed by atoms with E-state index in [0.29, 0.717) is 11.8 Å². The van der Waals surface area contributed by atoms with Gasteiger partial charge in [0.25, 0.3) is 0 Å². The molecule has 4 nitrogen and oxygen atoms in total. The van der Waals surface area contributed by atoms with Crippen LogP contribution in [0, 0.1) is 11.8 Å². The lowest BCUT2D eigenvalue weighted by Gasteiger charge is -2.23. The molecule has 2 rings (SSSR count). The zero-order valence-electron chi connectivity index (χ0n) is 11.6. The number of aromatic nitrogens is 2. The van der Waals surface area contributed by atoms with Crippen LogP contribution in [0.15, 0.2) is 4.52 Å². The Morgan fingerprint density at radius 3 is 3.00 bits per heavy atom. The maximum Gasteiger partial charge on any atom is 0.226 e. The van der Waals surface area contributed by atoms with E-state index in [1.165, 1.54) is 25.7 Å². The second-order valence-corrected chi connectivity index (χ2v) is 5.89. The monoisotopic (exact) mass is 251 g/mol. The molecule has 18 heavy (non-hydrogen) atoms. The van der Waals surface area contributed by atoms with E-state index in [1.54, 1.807) is 0 Å². The van der Waals surface area contributed by atoms with Crippen molar-refractivity contribution in [2.75, 3.05) is 6.54 Å². The minimum absolute atomic E-state index is 0.512. The first-order valence-electron chi connectivity index (χ1n) is 7.21. The van der Waals surface area contributed by atoms with Crippen LogP contribution >= 0.6 is 0 Å². The lowest BCUT2D eigenvalue weighted by atomic mass is 9.82. The van der Waals surface area contributed by atoms with Gasteiger partial charge in [-0.15, -0.1) is 0 Å². The van der Waals surface area contributed by atoms with Crippen LogP contribution in [0.5, 0.6) is 0 Å². The molecular formula is C14H25N3O. The zero-order chi connectivity index (χ0) is 13.0. The third-order valence-electron chi connectivity index (χ3n) is 4.04. The van der Waals surface area contributed by atoms with Gasteiger partial charge in [0.2, 0.25) is 5.89 Å². The van der Waals surface area contributed by atoms with E-state index in [2.05, 4.69) is 24.0 Å². The number of rotatable bonds is 5. The van der Waals surface area contributed by atoms with Crippen LogP contribution in [0.4, 0.5) is 0 Å². The van der Waals surface area contributed by atoms with Gasteiger partial charge in [0.05, 0.1) is 0 Å². The summed E-state index contributed by atoms with van der Waals surface area (Å²) in [5.41, 5.74) is 5.61. The third-order valence-corrected chi connectivity index (χ3v) is 4.04. The van der Waals surface area contributed by atoms with Gasteiger partial charge in [-0.25, -0.2) is 0 Å². The van der Waals surface area contributed by atoms with Crippen LogP contribution in [0.25, 0.3) is 0 Å². The predicted molar refractivity (Wildman–Crippen MR) is 71.2 cm³/mol. The Balaban J connectivity index is 1.89. The minimum atomic E-state index is 0.512. The van der Waals surface area contributed by atoms with Gasteiger partial charge in [-0.1, -0.05) is 31.8 Å². The van der Waals surface area contributed by atoms with Gasteiger partial charge in [0.15, 0.2) is 5.82 Å². The zero-order valence-corrected chi connectivity index (χ0v) is 11.6. The molecule has 1 saturated carbocycles. The summed E-state index contributed by atoms with van der Waals surface area (Å²) in [6, 6.07) is 0. The number of hydrogen-bond donors (Lipinski definition) is 1. The highest BCUT2D eigenvalue weighted by atomic mass is 16.5. The van der Waals surface area contributed by atoms with Crippen molar-refractivity contribution >= 4 is 0 Å². The Morgan fingerprint density at radius 2 is 2.28 bits per heavy atom. The van der Waals surface area contributed by atoms with E-state index in [-0.39, 0.29) is 0 Å². The first kappa shape index (κ1) is 13.5. The van der Waals surface area contributed by atoms with Gasteiger partial charge in [-0.3, -0.25) is 0 Å². The van der Waals surface area contributed by atoms with E-state index in [0.717, 1.165) is 37.0 Å². The maximum absolute atomic E-state index is 5.61. The molecular weight excluding hydrogens is 226 g/mol. The minimum Gasteiger partial charge on any atom is -0.339 e. The molecule has 1 aliphatic rings. The number of nitrogens with zero attached hydrogens (tertiary/aromatic N) is 2. The summed E-state index contributed by atoms with van der Waals surface area (Å²) in [5, 5.41) is 4.16. The molecule has 1 aliphatic carbocycles. The SMILES string of the molecule is CC(CN)CCc1nc(C2CCCC(C)C2)no1. The number of hydrogen-bond acceptors (Lipinski definition) is 4. The lowest BCUT2D eigenvalue weighted by molar-refractivity contribution is 0.318. The smallest absolute Gasteiger partial charge is 0.226 e. The fraction of sp³-hybridized carbons (Fsp3) is 0.857. The van der Waals surface area contributed by atoms with Gasteiger partial charge >= 0.3 is 0 Å². The van der Waals surface area contributed by atoms with E-state index in [1.807, 2.05) is 0 Å². The van der Waals surface area contributed by atoms with E-state index in [4.69, 9.17) is 10.3 Å². The van der Waals surface area contributed by atoms with Gasteiger partial charge in [0, 0.05) is 12.3 Å². The Labute approximate surface area is 109 Å². The first-order chi connectivity index (χ1) is 8.69. The highest BCUT2D eigenvalue weighted by molar-refractivity contribution is 4.98.